The van der Waals surface area contributed by atoms with Gasteiger partial charge in [0.2, 0.25) is 0 Å². The Hall–Kier alpha value is -0.800. The Labute approximate surface area is 110 Å². The molecule has 1 fully saturated rings. The fraction of sp³-hybridized carbons (Fsp3) is 0.500. The summed E-state index contributed by atoms with van der Waals surface area (Å²) in [5, 5.41) is 0.503. The number of aromatic nitrogens is 1. The number of esters is 1. The zero-order chi connectivity index (χ0) is 12.3. The van der Waals surface area contributed by atoms with Crippen LogP contribution in [0.4, 0.5) is 0 Å². The number of hydrogen-bond donors (Lipinski definition) is 0. The van der Waals surface area contributed by atoms with Crippen LogP contribution in [-0.2, 0) is 4.74 Å². The first-order chi connectivity index (χ1) is 8.16. The molecule has 0 unspecified atom stereocenters. The van der Waals surface area contributed by atoms with Gasteiger partial charge in [-0.2, -0.15) is 0 Å². The summed E-state index contributed by atoms with van der Waals surface area (Å²) in [7, 11) is 0. The van der Waals surface area contributed by atoms with E-state index >= 15 is 0 Å². The Kier molecular flexibility index (Phi) is 4.24. The third-order valence-corrected chi connectivity index (χ3v) is 3.50. The summed E-state index contributed by atoms with van der Waals surface area (Å²) < 4.78 is 5.13. The van der Waals surface area contributed by atoms with Crippen molar-refractivity contribution in [2.45, 2.75) is 25.7 Å². The van der Waals surface area contributed by atoms with E-state index in [0.717, 1.165) is 6.42 Å². The average Bonchev–Trinajstić information content (AvgIpc) is 2.25. The van der Waals surface area contributed by atoms with Crippen molar-refractivity contribution in [3.05, 3.63) is 28.0 Å². The molecule has 0 aliphatic heterocycles. The van der Waals surface area contributed by atoms with Gasteiger partial charge in [-0.3, -0.25) is 0 Å². The molecular formula is C12H13Cl2NO2. The molecule has 1 aromatic rings. The van der Waals surface area contributed by atoms with E-state index in [1.807, 2.05) is 0 Å². The third kappa shape index (κ3) is 3.33. The van der Waals surface area contributed by atoms with Gasteiger partial charge < -0.3 is 4.74 Å². The Morgan fingerprint density at radius 2 is 2.18 bits per heavy atom. The van der Waals surface area contributed by atoms with Crippen molar-refractivity contribution in [2.24, 2.45) is 5.92 Å². The van der Waals surface area contributed by atoms with E-state index in [1.165, 1.54) is 25.3 Å². The molecule has 1 heterocycles. The lowest BCUT2D eigenvalue weighted by Gasteiger charge is -2.24. The summed E-state index contributed by atoms with van der Waals surface area (Å²) in [6.45, 7) is 0.425. The lowest BCUT2D eigenvalue weighted by molar-refractivity contribution is 0.0457. The molecule has 1 saturated carbocycles. The number of hydrogen-bond acceptors (Lipinski definition) is 3. The minimum atomic E-state index is -0.503. The Balaban J connectivity index is 1.87. The average molecular weight is 274 g/mol. The maximum Gasteiger partial charge on any atom is 0.358 e. The summed E-state index contributed by atoms with van der Waals surface area (Å²) in [5.74, 6) is 0.211. The number of pyridine rings is 1. The van der Waals surface area contributed by atoms with Gasteiger partial charge in [-0.1, -0.05) is 42.5 Å². The van der Waals surface area contributed by atoms with Crippen LogP contribution in [0.3, 0.4) is 0 Å². The molecule has 0 saturated heterocycles. The van der Waals surface area contributed by atoms with Gasteiger partial charge in [0.15, 0.2) is 5.69 Å². The van der Waals surface area contributed by atoms with Crippen LogP contribution in [0, 0.1) is 5.92 Å². The van der Waals surface area contributed by atoms with Crippen LogP contribution in [0.5, 0.6) is 0 Å². The highest BCUT2D eigenvalue weighted by molar-refractivity contribution is 6.34. The largest absolute Gasteiger partial charge is 0.461 e. The number of halogens is 2. The van der Waals surface area contributed by atoms with Crippen LogP contribution in [0.1, 0.15) is 36.2 Å². The van der Waals surface area contributed by atoms with Crippen LogP contribution >= 0.6 is 23.2 Å². The molecule has 1 aromatic heterocycles. The van der Waals surface area contributed by atoms with Gasteiger partial charge in [-0.15, -0.1) is 0 Å². The molecule has 0 amide bonds. The van der Waals surface area contributed by atoms with E-state index in [1.54, 1.807) is 6.07 Å². The summed E-state index contributed by atoms with van der Waals surface area (Å²) in [6.07, 6.45) is 4.70. The Morgan fingerprint density at radius 1 is 1.41 bits per heavy atom. The number of carbonyl (C=O) groups excluding carboxylic acids is 1. The van der Waals surface area contributed by atoms with E-state index in [9.17, 15) is 4.79 Å². The second-order valence-corrected chi connectivity index (χ2v) is 4.98. The van der Waals surface area contributed by atoms with Crippen molar-refractivity contribution in [2.75, 3.05) is 6.61 Å². The van der Waals surface area contributed by atoms with Gasteiger partial charge in [0.1, 0.15) is 5.15 Å². The van der Waals surface area contributed by atoms with Gasteiger partial charge >= 0.3 is 5.97 Å². The molecule has 92 valence electrons. The maximum atomic E-state index is 11.7. The summed E-state index contributed by atoms with van der Waals surface area (Å²) in [6, 6.07) is 3.08. The Bertz CT molecular complexity index is 419. The zero-order valence-electron chi connectivity index (χ0n) is 9.29. The van der Waals surface area contributed by atoms with E-state index in [2.05, 4.69) is 4.98 Å². The van der Waals surface area contributed by atoms with Crippen LogP contribution in [-0.4, -0.2) is 17.6 Å². The molecule has 0 bridgehead atoms. The molecule has 0 radical (unpaired) electrons. The fourth-order valence-corrected chi connectivity index (χ4v) is 2.06. The van der Waals surface area contributed by atoms with Crippen molar-refractivity contribution >= 4 is 29.2 Å². The molecule has 5 heteroatoms. The van der Waals surface area contributed by atoms with Gasteiger partial charge in [0.05, 0.1) is 11.6 Å². The highest BCUT2D eigenvalue weighted by atomic mass is 35.5. The van der Waals surface area contributed by atoms with E-state index in [-0.39, 0.29) is 15.9 Å². The first-order valence-electron chi connectivity index (χ1n) is 5.66. The molecule has 1 aliphatic rings. The number of ether oxygens (including phenoxy) is 1. The second kappa shape index (κ2) is 5.69. The minimum absolute atomic E-state index is 0.0905. The molecule has 0 atom stereocenters. The molecule has 0 spiro atoms. The van der Waals surface area contributed by atoms with Crippen LogP contribution < -0.4 is 0 Å². The van der Waals surface area contributed by atoms with E-state index in [4.69, 9.17) is 27.9 Å². The summed E-state index contributed by atoms with van der Waals surface area (Å²) in [4.78, 5) is 15.5. The van der Waals surface area contributed by atoms with Gasteiger partial charge in [0, 0.05) is 0 Å². The van der Waals surface area contributed by atoms with Gasteiger partial charge in [0.25, 0.3) is 0 Å². The fourth-order valence-electron chi connectivity index (χ4n) is 1.73. The molecular weight excluding hydrogens is 261 g/mol. The molecule has 2 rings (SSSR count). The van der Waals surface area contributed by atoms with Gasteiger partial charge in [-0.25, -0.2) is 9.78 Å². The quantitative estimate of drug-likeness (QED) is 0.620. The smallest absolute Gasteiger partial charge is 0.358 e. The first-order valence-corrected chi connectivity index (χ1v) is 6.41. The Morgan fingerprint density at radius 3 is 2.82 bits per heavy atom. The topological polar surface area (TPSA) is 39.2 Å². The van der Waals surface area contributed by atoms with Crippen molar-refractivity contribution in [3.63, 3.8) is 0 Å². The minimum Gasteiger partial charge on any atom is -0.461 e. The lowest BCUT2D eigenvalue weighted by Crippen LogP contribution is -2.16. The standard InChI is InChI=1S/C12H13Cl2NO2/c13-9-4-5-10(14)15-11(9)12(16)17-7-6-8-2-1-3-8/h4-5,8H,1-3,6-7H2. The lowest BCUT2D eigenvalue weighted by atomic mass is 9.83. The summed E-state index contributed by atoms with van der Waals surface area (Å²) >= 11 is 11.5. The predicted molar refractivity (Wildman–Crippen MR) is 66.5 cm³/mol. The molecule has 3 nitrogen and oxygen atoms in total. The van der Waals surface area contributed by atoms with E-state index < -0.39 is 5.97 Å². The van der Waals surface area contributed by atoms with Crippen LogP contribution in [0.25, 0.3) is 0 Å². The predicted octanol–water partition coefficient (Wildman–Crippen LogP) is 3.74. The third-order valence-electron chi connectivity index (χ3n) is 2.99. The number of carbonyl (C=O) groups is 1. The normalized spacial score (nSPS) is 15.4. The zero-order valence-corrected chi connectivity index (χ0v) is 10.8. The van der Waals surface area contributed by atoms with Crippen molar-refractivity contribution in [1.82, 2.24) is 4.98 Å². The maximum absolute atomic E-state index is 11.7. The monoisotopic (exact) mass is 273 g/mol. The second-order valence-electron chi connectivity index (χ2n) is 4.19. The highest BCUT2D eigenvalue weighted by Crippen LogP contribution is 2.29. The van der Waals surface area contributed by atoms with Crippen molar-refractivity contribution in [3.8, 4) is 0 Å². The van der Waals surface area contributed by atoms with E-state index in [0.29, 0.717) is 12.5 Å². The molecule has 1 aliphatic carbocycles. The highest BCUT2D eigenvalue weighted by Gasteiger charge is 2.19. The van der Waals surface area contributed by atoms with Gasteiger partial charge in [-0.05, 0) is 24.5 Å². The van der Waals surface area contributed by atoms with Crippen molar-refractivity contribution in [1.29, 1.82) is 0 Å². The van der Waals surface area contributed by atoms with Crippen molar-refractivity contribution < 1.29 is 9.53 Å². The molecule has 17 heavy (non-hydrogen) atoms. The number of rotatable bonds is 4. The molecule has 0 aromatic carbocycles. The SMILES string of the molecule is O=C(OCCC1CCC1)c1nc(Cl)ccc1Cl. The first kappa shape index (κ1) is 12.7. The number of nitrogens with zero attached hydrogens (tertiary/aromatic N) is 1. The summed E-state index contributed by atoms with van der Waals surface area (Å²) in [5.41, 5.74) is 0.0905. The molecule has 0 N–H and O–H groups in total. The van der Waals surface area contributed by atoms with Crippen LogP contribution in [0.2, 0.25) is 10.2 Å². The van der Waals surface area contributed by atoms with Crippen LogP contribution in [0.15, 0.2) is 12.1 Å².